The number of ether oxygens (including phenoxy) is 1. The van der Waals surface area contributed by atoms with Gasteiger partial charge in [-0.25, -0.2) is 0 Å². The monoisotopic (exact) mass is 228 g/mol. The van der Waals surface area contributed by atoms with Gasteiger partial charge in [0.2, 0.25) is 0 Å². The molecule has 1 N–H and O–H groups in total. The van der Waals surface area contributed by atoms with Crippen LogP contribution in [0.15, 0.2) is 0 Å². The number of nitrogens with one attached hydrogen (secondary N) is 1. The van der Waals surface area contributed by atoms with Gasteiger partial charge in [-0.15, -0.1) is 0 Å². The molecule has 0 aromatic rings. The molecule has 3 nitrogen and oxygen atoms in total. The minimum atomic E-state index is 0.213. The van der Waals surface area contributed by atoms with Crippen LogP contribution in [0.1, 0.15) is 33.1 Å². The van der Waals surface area contributed by atoms with Crippen LogP contribution in [0.5, 0.6) is 0 Å². The molecule has 1 aliphatic rings. The second-order valence-corrected chi connectivity index (χ2v) is 5.72. The van der Waals surface area contributed by atoms with Crippen LogP contribution in [0.3, 0.4) is 0 Å². The van der Waals surface area contributed by atoms with Gasteiger partial charge in [0.05, 0.1) is 0 Å². The normalized spacial score (nSPS) is 19.3. The van der Waals surface area contributed by atoms with Crippen molar-refractivity contribution in [1.82, 2.24) is 10.2 Å². The number of hydrogen-bond acceptors (Lipinski definition) is 3. The molecule has 0 radical (unpaired) electrons. The molecule has 3 heteroatoms. The molecule has 1 saturated heterocycles. The van der Waals surface area contributed by atoms with E-state index < -0.39 is 0 Å². The molecule has 16 heavy (non-hydrogen) atoms. The zero-order chi connectivity index (χ0) is 12.0. The van der Waals surface area contributed by atoms with Crippen molar-refractivity contribution in [3.05, 3.63) is 0 Å². The van der Waals surface area contributed by atoms with Crippen molar-refractivity contribution < 1.29 is 4.74 Å². The standard InChI is InChI=1S/C13H28N2O/c1-13(2,14-3)11-15(4)8-5-12-6-9-16-10-7-12/h12,14H,5-11H2,1-4H3. The minimum Gasteiger partial charge on any atom is -0.381 e. The third-order valence-electron chi connectivity index (χ3n) is 3.60. The quantitative estimate of drug-likeness (QED) is 0.749. The summed E-state index contributed by atoms with van der Waals surface area (Å²) in [5, 5.41) is 3.35. The average molecular weight is 228 g/mol. The largest absolute Gasteiger partial charge is 0.381 e. The van der Waals surface area contributed by atoms with Crippen molar-refractivity contribution in [2.75, 3.05) is 40.4 Å². The summed E-state index contributed by atoms with van der Waals surface area (Å²) in [6.07, 6.45) is 3.83. The Morgan fingerprint density at radius 3 is 2.50 bits per heavy atom. The predicted molar refractivity (Wildman–Crippen MR) is 68.8 cm³/mol. The fourth-order valence-electron chi connectivity index (χ4n) is 2.27. The summed E-state index contributed by atoms with van der Waals surface area (Å²) in [4.78, 5) is 2.44. The zero-order valence-electron chi connectivity index (χ0n) is 11.4. The van der Waals surface area contributed by atoms with Crippen LogP contribution < -0.4 is 5.32 Å². The highest BCUT2D eigenvalue weighted by Gasteiger charge is 2.19. The van der Waals surface area contributed by atoms with Crippen LogP contribution in [0, 0.1) is 5.92 Å². The molecule has 1 fully saturated rings. The van der Waals surface area contributed by atoms with Crippen molar-refractivity contribution in [2.45, 2.75) is 38.6 Å². The van der Waals surface area contributed by atoms with E-state index in [-0.39, 0.29) is 5.54 Å². The van der Waals surface area contributed by atoms with Crippen LogP contribution in [-0.2, 0) is 4.74 Å². The van der Waals surface area contributed by atoms with E-state index in [0.29, 0.717) is 0 Å². The fourth-order valence-corrected chi connectivity index (χ4v) is 2.27. The molecule has 0 unspecified atom stereocenters. The lowest BCUT2D eigenvalue weighted by Crippen LogP contribution is -2.46. The summed E-state index contributed by atoms with van der Waals surface area (Å²) in [5.41, 5.74) is 0.213. The van der Waals surface area contributed by atoms with Gasteiger partial charge in [-0.05, 0) is 59.7 Å². The Balaban J connectivity index is 2.16. The average Bonchev–Trinajstić information content (AvgIpc) is 2.27. The molecule has 0 aromatic carbocycles. The van der Waals surface area contributed by atoms with E-state index in [2.05, 4.69) is 31.1 Å². The Kier molecular flexibility index (Phi) is 5.73. The van der Waals surface area contributed by atoms with Gasteiger partial charge < -0.3 is 15.0 Å². The van der Waals surface area contributed by atoms with E-state index in [1.165, 1.54) is 25.8 Å². The molecule has 0 spiro atoms. The molecule has 0 bridgehead atoms. The van der Waals surface area contributed by atoms with E-state index in [9.17, 15) is 0 Å². The van der Waals surface area contributed by atoms with Crippen molar-refractivity contribution in [2.24, 2.45) is 5.92 Å². The van der Waals surface area contributed by atoms with Crippen LogP contribution in [-0.4, -0.2) is 50.8 Å². The topological polar surface area (TPSA) is 24.5 Å². The van der Waals surface area contributed by atoms with Crippen molar-refractivity contribution in [1.29, 1.82) is 0 Å². The molecule has 1 heterocycles. The predicted octanol–water partition coefficient (Wildman–Crippen LogP) is 1.73. The van der Waals surface area contributed by atoms with E-state index in [4.69, 9.17) is 4.74 Å². The number of likely N-dealkylation sites (N-methyl/N-ethyl adjacent to an activating group) is 2. The third kappa shape index (κ3) is 5.28. The van der Waals surface area contributed by atoms with Crippen LogP contribution in [0.25, 0.3) is 0 Å². The molecule has 0 aliphatic carbocycles. The fraction of sp³-hybridized carbons (Fsp3) is 1.00. The maximum atomic E-state index is 5.38. The molecule has 0 aromatic heterocycles. The van der Waals surface area contributed by atoms with Gasteiger partial charge in [0.1, 0.15) is 0 Å². The van der Waals surface area contributed by atoms with E-state index >= 15 is 0 Å². The molecular formula is C13H28N2O. The van der Waals surface area contributed by atoms with Gasteiger partial charge in [0, 0.05) is 25.3 Å². The lowest BCUT2D eigenvalue weighted by atomic mass is 9.96. The summed E-state index contributed by atoms with van der Waals surface area (Å²) in [6.45, 7) is 8.74. The maximum absolute atomic E-state index is 5.38. The summed E-state index contributed by atoms with van der Waals surface area (Å²) in [7, 11) is 4.25. The molecule has 1 rings (SSSR count). The summed E-state index contributed by atoms with van der Waals surface area (Å²) in [5.74, 6) is 0.883. The number of rotatable bonds is 6. The van der Waals surface area contributed by atoms with Crippen molar-refractivity contribution in [3.63, 3.8) is 0 Å². The van der Waals surface area contributed by atoms with Gasteiger partial charge in [-0.3, -0.25) is 0 Å². The Labute approximate surface area is 101 Å². The van der Waals surface area contributed by atoms with Gasteiger partial charge in [0.15, 0.2) is 0 Å². The summed E-state index contributed by atoms with van der Waals surface area (Å²) in [6, 6.07) is 0. The lowest BCUT2D eigenvalue weighted by molar-refractivity contribution is 0.0602. The first kappa shape index (κ1) is 13.9. The molecule has 0 amide bonds. The number of nitrogens with zero attached hydrogens (tertiary/aromatic N) is 1. The highest BCUT2D eigenvalue weighted by Crippen LogP contribution is 2.18. The summed E-state index contributed by atoms with van der Waals surface area (Å²) >= 11 is 0. The summed E-state index contributed by atoms with van der Waals surface area (Å²) < 4.78 is 5.38. The first-order valence-electron chi connectivity index (χ1n) is 6.49. The van der Waals surface area contributed by atoms with Gasteiger partial charge >= 0.3 is 0 Å². The minimum absolute atomic E-state index is 0.213. The third-order valence-corrected chi connectivity index (χ3v) is 3.60. The van der Waals surface area contributed by atoms with Crippen LogP contribution in [0.4, 0.5) is 0 Å². The SMILES string of the molecule is CNC(C)(C)CN(C)CCC1CCOCC1. The Hall–Kier alpha value is -0.120. The van der Waals surface area contributed by atoms with Crippen LogP contribution in [0.2, 0.25) is 0 Å². The molecule has 0 saturated carbocycles. The first-order chi connectivity index (χ1) is 7.53. The molecule has 96 valence electrons. The Morgan fingerprint density at radius 1 is 1.31 bits per heavy atom. The van der Waals surface area contributed by atoms with Gasteiger partial charge in [0.25, 0.3) is 0 Å². The lowest BCUT2D eigenvalue weighted by Gasteiger charge is -2.31. The Morgan fingerprint density at radius 2 is 1.94 bits per heavy atom. The molecule has 1 aliphatic heterocycles. The van der Waals surface area contributed by atoms with Gasteiger partial charge in [-0.1, -0.05) is 0 Å². The van der Waals surface area contributed by atoms with Crippen LogP contribution >= 0.6 is 0 Å². The Bertz CT molecular complexity index is 188. The van der Waals surface area contributed by atoms with Gasteiger partial charge in [-0.2, -0.15) is 0 Å². The van der Waals surface area contributed by atoms with E-state index in [0.717, 1.165) is 25.7 Å². The van der Waals surface area contributed by atoms with E-state index in [1.807, 2.05) is 7.05 Å². The second kappa shape index (κ2) is 6.58. The van der Waals surface area contributed by atoms with Crippen molar-refractivity contribution in [3.8, 4) is 0 Å². The second-order valence-electron chi connectivity index (χ2n) is 5.72. The van der Waals surface area contributed by atoms with E-state index in [1.54, 1.807) is 0 Å². The molecular weight excluding hydrogens is 200 g/mol. The number of hydrogen-bond donors (Lipinski definition) is 1. The molecule has 0 atom stereocenters. The smallest absolute Gasteiger partial charge is 0.0468 e. The highest BCUT2D eigenvalue weighted by molar-refractivity contribution is 4.79. The highest BCUT2D eigenvalue weighted by atomic mass is 16.5. The van der Waals surface area contributed by atoms with Crippen molar-refractivity contribution >= 4 is 0 Å². The first-order valence-corrected chi connectivity index (χ1v) is 6.49. The zero-order valence-corrected chi connectivity index (χ0v) is 11.4. The maximum Gasteiger partial charge on any atom is 0.0468 e.